The smallest absolute Gasteiger partial charge is 0.253 e. The number of carbonyl (C=O) groups is 3. The summed E-state index contributed by atoms with van der Waals surface area (Å²) in [6.07, 6.45) is 0.919. The van der Waals surface area contributed by atoms with Gasteiger partial charge in [-0.15, -0.1) is 0 Å². The molecule has 0 radical (unpaired) electrons. The lowest BCUT2D eigenvalue weighted by Crippen LogP contribution is -2.26. The number of rotatable bonds is 8. The summed E-state index contributed by atoms with van der Waals surface area (Å²) in [7, 11) is 0. The van der Waals surface area contributed by atoms with Crippen LogP contribution in [0.4, 0.5) is 5.69 Å². The number of Topliss-reactive ketones (excluding diaryl/α,β-unsaturated/α-hetero) is 1. The molecule has 6 heteroatoms. The molecule has 28 heavy (non-hydrogen) atoms. The van der Waals surface area contributed by atoms with Crippen molar-refractivity contribution in [3.8, 4) is 0 Å². The fourth-order valence-electron chi connectivity index (χ4n) is 2.65. The first-order valence-electron chi connectivity index (χ1n) is 9.30. The number of benzene rings is 2. The zero-order valence-corrected chi connectivity index (χ0v) is 17.2. The molecule has 2 N–H and O–H groups in total. The van der Waals surface area contributed by atoms with Crippen molar-refractivity contribution in [3.05, 3.63) is 63.7 Å². The average Bonchev–Trinajstić information content (AvgIpc) is 2.66. The molecule has 2 aromatic rings. The van der Waals surface area contributed by atoms with Crippen molar-refractivity contribution >= 4 is 34.9 Å². The highest BCUT2D eigenvalue weighted by atomic mass is 35.5. The molecule has 0 unspecified atom stereocenters. The summed E-state index contributed by atoms with van der Waals surface area (Å²) in [6.45, 7) is 6.43. The molecule has 0 atom stereocenters. The number of hydrogen-bond donors (Lipinski definition) is 2. The SMILES string of the molecule is CCCNC(=O)c1ccc(Cl)cc1NC(=O)CCC(=O)c1ccc(C)c(C)c1. The Morgan fingerprint density at radius 3 is 2.39 bits per heavy atom. The lowest BCUT2D eigenvalue weighted by Gasteiger charge is -2.12. The minimum atomic E-state index is -0.344. The Kier molecular flexibility index (Phi) is 7.76. The fourth-order valence-corrected chi connectivity index (χ4v) is 2.82. The normalized spacial score (nSPS) is 10.4. The molecule has 0 saturated heterocycles. The van der Waals surface area contributed by atoms with Crippen LogP contribution in [0.3, 0.4) is 0 Å². The zero-order chi connectivity index (χ0) is 20.7. The lowest BCUT2D eigenvalue weighted by atomic mass is 10.0. The van der Waals surface area contributed by atoms with Crippen LogP contribution in [-0.2, 0) is 4.79 Å². The molecule has 2 rings (SSSR count). The summed E-state index contributed by atoms with van der Waals surface area (Å²) in [4.78, 5) is 36.9. The number of anilines is 1. The van der Waals surface area contributed by atoms with Crippen LogP contribution in [0, 0.1) is 13.8 Å². The van der Waals surface area contributed by atoms with E-state index >= 15 is 0 Å². The monoisotopic (exact) mass is 400 g/mol. The summed E-state index contributed by atoms with van der Waals surface area (Å²) in [5.74, 6) is -0.714. The van der Waals surface area contributed by atoms with Gasteiger partial charge in [-0.3, -0.25) is 14.4 Å². The van der Waals surface area contributed by atoms with Crippen molar-refractivity contribution in [2.24, 2.45) is 0 Å². The zero-order valence-electron chi connectivity index (χ0n) is 16.4. The number of nitrogens with one attached hydrogen (secondary N) is 2. The molecule has 0 aliphatic rings. The molecule has 2 aromatic carbocycles. The van der Waals surface area contributed by atoms with E-state index in [2.05, 4.69) is 10.6 Å². The molecule has 0 heterocycles. The summed E-state index contributed by atoms with van der Waals surface area (Å²) in [6, 6.07) is 10.2. The molecule has 0 saturated carbocycles. The minimum absolute atomic E-state index is 0.0221. The van der Waals surface area contributed by atoms with Gasteiger partial charge in [0.2, 0.25) is 5.91 Å². The molecule has 5 nitrogen and oxygen atoms in total. The van der Waals surface area contributed by atoms with E-state index in [9.17, 15) is 14.4 Å². The van der Waals surface area contributed by atoms with Gasteiger partial charge in [0.25, 0.3) is 5.91 Å². The van der Waals surface area contributed by atoms with E-state index in [1.54, 1.807) is 18.2 Å². The number of carbonyl (C=O) groups excluding carboxylic acids is 3. The van der Waals surface area contributed by atoms with Crippen LogP contribution in [0.25, 0.3) is 0 Å². The summed E-state index contributed by atoms with van der Waals surface area (Å²) in [5, 5.41) is 5.89. The Hall–Kier alpha value is -2.66. The van der Waals surface area contributed by atoms with E-state index in [4.69, 9.17) is 11.6 Å². The van der Waals surface area contributed by atoms with Crippen LogP contribution in [0.5, 0.6) is 0 Å². The van der Waals surface area contributed by atoms with Crippen molar-refractivity contribution in [1.82, 2.24) is 5.32 Å². The summed E-state index contributed by atoms with van der Waals surface area (Å²) < 4.78 is 0. The van der Waals surface area contributed by atoms with Gasteiger partial charge in [-0.25, -0.2) is 0 Å². The maximum Gasteiger partial charge on any atom is 0.253 e. The first kappa shape index (κ1) is 21.6. The maximum absolute atomic E-state index is 12.3. The van der Waals surface area contributed by atoms with E-state index in [1.807, 2.05) is 32.9 Å². The van der Waals surface area contributed by atoms with Gasteiger partial charge in [0, 0.05) is 30.0 Å². The third-order valence-electron chi connectivity index (χ3n) is 4.44. The number of hydrogen-bond acceptors (Lipinski definition) is 3. The first-order valence-corrected chi connectivity index (χ1v) is 9.67. The van der Waals surface area contributed by atoms with E-state index in [0.717, 1.165) is 17.5 Å². The van der Waals surface area contributed by atoms with Crippen LogP contribution in [0.1, 0.15) is 58.0 Å². The van der Waals surface area contributed by atoms with E-state index in [0.29, 0.717) is 28.4 Å². The Labute approximate surface area is 170 Å². The van der Waals surface area contributed by atoms with Gasteiger partial charge in [-0.05, 0) is 55.7 Å². The maximum atomic E-state index is 12.3. The first-order chi connectivity index (χ1) is 13.3. The van der Waals surface area contributed by atoms with Crippen LogP contribution in [0.2, 0.25) is 5.02 Å². The summed E-state index contributed by atoms with van der Waals surface area (Å²) >= 11 is 6.01. The standard InChI is InChI=1S/C22H25ClN2O3/c1-4-11-24-22(28)18-8-7-17(23)13-19(18)25-21(27)10-9-20(26)16-6-5-14(2)15(3)12-16/h5-8,12-13H,4,9-11H2,1-3H3,(H,24,28)(H,25,27). The minimum Gasteiger partial charge on any atom is -0.352 e. The molecule has 2 amide bonds. The second-order valence-electron chi connectivity index (χ2n) is 6.72. The highest BCUT2D eigenvalue weighted by Crippen LogP contribution is 2.22. The molecule has 0 aliphatic heterocycles. The largest absolute Gasteiger partial charge is 0.352 e. The molecular formula is C22H25ClN2O3. The van der Waals surface area contributed by atoms with Crippen molar-refractivity contribution < 1.29 is 14.4 Å². The summed E-state index contributed by atoms with van der Waals surface area (Å²) in [5.41, 5.74) is 3.43. The molecule has 0 spiro atoms. The predicted molar refractivity (Wildman–Crippen MR) is 112 cm³/mol. The van der Waals surface area contributed by atoms with Gasteiger partial charge in [-0.2, -0.15) is 0 Å². The van der Waals surface area contributed by atoms with Crippen LogP contribution in [0.15, 0.2) is 36.4 Å². The fraction of sp³-hybridized carbons (Fsp3) is 0.318. The van der Waals surface area contributed by atoms with Gasteiger partial charge >= 0.3 is 0 Å². The van der Waals surface area contributed by atoms with Crippen LogP contribution < -0.4 is 10.6 Å². The Morgan fingerprint density at radius 1 is 0.964 bits per heavy atom. The van der Waals surface area contributed by atoms with Crippen molar-refractivity contribution in [2.45, 2.75) is 40.0 Å². The van der Waals surface area contributed by atoms with Crippen LogP contribution in [-0.4, -0.2) is 24.1 Å². The number of halogens is 1. The second-order valence-corrected chi connectivity index (χ2v) is 7.15. The third kappa shape index (κ3) is 5.92. The Bertz CT molecular complexity index is 893. The third-order valence-corrected chi connectivity index (χ3v) is 4.68. The van der Waals surface area contributed by atoms with E-state index in [1.165, 1.54) is 6.07 Å². The Balaban J connectivity index is 2.02. The molecule has 0 fully saturated rings. The number of ketones is 1. The molecule has 0 aliphatic carbocycles. The van der Waals surface area contributed by atoms with Gasteiger partial charge in [0.1, 0.15) is 0 Å². The molecule has 0 bridgehead atoms. The van der Waals surface area contributed by atoms with Crippen LogP contribution >= 0.6 is 11.6 Å². The van der Waals surface area contributed by atoms with Gasteiger partial charge in [0.15, 0.2) is 5.78 Å². The van der Waals surface area contributed by atoms with Crippen molar-refractivity contribution in [1.29, 1.82) is 0 Å². The predicted octanol–water partition coefficient (Wildman–Crippen LogP) is 4.70. The van der Waals surface area contributed by atoms with E-state index in [-0.39, 0.29) is 30.4 Å². The highest BCUT2D eigenvalue weighted by molar-refractivity contribution is 6.31. The van der Waals surface area contributed by atoms with Gasteiger partial charge in [-0.1, -0.05) is 30.7 Å². The lowest BCUT2D eigenvalue weighted by molar-refractivity contribution is -0.116. The average molecular weight is 401 g/mol. The quantitative estimate of drug-likeness (QED) is 0.630. The molecule has 0 aromatic heterocycles. The number of amides is 2. The second kappa shape index (κ2) is 10.0. The Morgan fingerprint density at radius 2 is 1.71 bits per heavy atom. The highest BCUT2D eigenvalue weighted by Gasteiger charge is 2.15. The number of aryl methyl sites for hydroxylation is 2. The van der Waals surface area contributed by atoms with Gasteiger partial charge < -0.3 is 10.6 Å². The van der Waals surface area contributed by atoms with Crippen molar-refractivity contribution in [2.75, 3.05) is 11.9 Å². The van der Waals surface area contributed by atoms with E-state index < -0.39 is 0 Å². The molecule has 148 valence electrons. The molecular weight excluding hydrogens is 376 g/mol. The topological polar surface area (TPSA) is 75.3 Å². The van der Waals surface area contributed by atoms with Gasteiger partial charge in [0.05, 0.1) is 11.3 Å². The van der Waals surface area contributed by atoms with Crippen molar-refractivity contribution in [3.63, 3.8) is 0 Å².